The van der Waals surface area contributed by atoms with E-state index in [0.29, 0.717) is 37.5 Å². The number of esters is 1. The Morgan fingerprint density at radius 2 is 1.91 bits per heavy atom. The second kappa shape index (κ2) is 9.69. The zero-order valence-corrected chi connectivity index (χ0v) is 20.3. The molecule has 176 valence electrons. The number of aromatic hydroxyl groups is 1. The van der Waals surface area contributed by atoms with Gasteiger partial charge in [0, 0.05) is 11.1 Å². The van der Waals surface area contributed by atoms with Crippen LogP contribution in [-0.4, -0.2) is 28.4 Å². The van der Waals surface area contributed by atoms with Crippen LogP contribution in [0, 0.1) is 0 Å². The van der Waals surface area contributed by atoms with E-state index >= 15 is 0 Å². The van der Waals surface area contributed by atoms with Gasteiger partial charge in [-0.1, -0.05) is 47.7 Å². The van der Waals surface area contributed by atoms with Crippen LogP contribution in [0.1, 0.15) is 44.9 Å². The molecule has 0 bridgehead atoms. The Morgan fingerprint density at radius 3 is 2.62 bits per heavy atom. The number of hydrogen-bond donors (Lipinski definition) is 1. The predicted octanol–water partition coefficient (Wildman–Crippen LogP) is 3.29. The van der Waals surface area contributed by atoms with Gasteiger partial charge in [0.05, 0.1) is 28.5 Å². The summed E-state index contributed by atoms with van der Waals surface area (Å²) in [5.41, 5.74) is 1.66. The highest BCUT2D eigenvalue weighted by molar-refractivity contribution is 7.07. The molecule has 0 saturated heterocycles. The number of hydrogen-bond acceptors (Lipinski definition) is 7. The van der Waals surface area contributed by atoms with Crippen LogP contribution in [-0.2, 0) is 9.53 Å². The third-order valence-corrected chi connectivity index (χ3v) is 6.30. The Balaban J connectivity index is 2.00. The van der Waals surface area contributed by atoms with E-state index in [2.05, 4.69) is 4.99 Å². The standard InChI is InChI=1S/C26H26N2O5S/c1-5-32-25(31)22-16(4)27-26-28(23(22)18-11-7-9-13-20(18)33-15(2)3)24(30)21(34-26)14-17-10-6-8-12-19(17)29/h6-15,23,29H,5H2,1-4H3. The van der Waals surface area contributed by atoms with E-state index in [0.717, 1.165) is 0 Å². The number of phenols is 1. The molecule has 0 spiro atoms. The van der Waals surface area contributed by atoms with E-state index in [1.165, 1.54) is 15.9 Å². The molecular weight excluding hydrogens is 452 g/mol. The van der Waals surface area contributed by atoms with Gasteiger partial charge in [-0.25, -0.2) is 9.79 Å². The first-order valence-electron chi connectivity index (χ1n) is 11.0. The Bertz CT molecular complexity index is 1450. The largest absolute Gasteiger partial charge is 0.507 e. The Hall–Kier alpha value is -3.65. The maximum atomic E-state index is 13.7. The van der Waals surface area contributed by atoms with Gasteiger partial charge in [0.2, 0.25) is 0 Å². The Labute approximate surface area is 200 Å². The first-order valence-corrected chi connectivity index (χ1v) is 11.9. The number of ether oxygens (including phenoxy) is 2. The maximum absolute atomic E-state index is 13.7. The molecule has 0 amide bonds. The molecule has 1 unspecified atom stereocenters. The van der Waals surface area contributed by atoms with Crippen LogP contribution in [0.2, 0.25) is 0 Å². The summed E-state index contributed by atoms with van der Waals surface area (Å²) in [5, 5.41) is 10.2. The molecule has 3 aromatic rings. The molecule has 2 aromatic carbocycles. The Kier molecular flexibility index (Phi) is 6.70. The van der Waals surface area contributed by atoms with Crippen LogP contribution in [0.15, 0.2) is 69.6 Å². The number of fused-ring (bicyclic) bond motifs is 1. The smallest absolute Gasteiger partial charge is 0.338 e. The lowest BCUT2D eigenvalue weighted by Crippen LogP contribution is -2.40. The molecule has 4 rings (SSSR count). The van der Waals surface area contributed by atoms with Gasteiger partial charge < -0.3 is 14.6 Å². The number of phenolic OH excluding ortho intramolecular Hbond substituents is 1. The Morgan fingerprint density at radius 1 is 1.21 bits per heavy atom. The van der Waals surface area contributed by atoms with Crippen molar-refractivity contribution in [2.24, 2.45) is 4.99 Å². The lowest BCUT2D eigenvalue weighted by molar-refractivity contribution is -0.139. The minimum atomic E-state index is -0.767. The van der Waals surface area contributed by atoms with Gasteiger partial charge in [0.1, 0.15) is 17.5 Å². The van der Waals surface area contributed by atoms with E-state index in [9.17, 15) is 14.7 Å². The molecule has 34 heavy (non-hydrogen) atoms. The average Bonchev–Trinajstić information content (AvgIpc) is 3.09. The molecule has 1 aliphatic rings. The highest BCUT2D eigenvalue weighted by Crippen LogP contribution is 2.36. The molecule has 0 saturated carbocycles. The number of nitrogens with zero attached hydrogens (tertiary/aromatic N) is 2. The number of benzene rings is 2. The van der Waals surface area contributed by atoms with Gasteiger partial charge in [-0.05, 0) is 45.9 Å². The monoisotopic (exact) mass is 478 g/mol. The molecule has 0 radical (unpaired) electrons. The number of thiazole rings is 1. The molecule has 8 heteroatoms. The summed E-state index contributed by atoms with van der Waals surface area (Å²) < 4.78 is 13.3. The fraction of sp³-hybridized carbons (Fsp3) is 0.269. The zero-order chi connectivity index (χ0) is 24.4. The van der Waals surface area contributed by atoms with Crippen molar-refractivity contribution in [3.63, 3.8) is 0 Å². The average molecular weight is 479 g/mol. The van der Waals surface area contributed by atoms with Gasteiger partial charge in [-0.15, -0.1) is 0 Å². The number of allylic oxidation sites excluding steroid dienone is 1. The summed E-state index contributed by atoms with van der Waals surface area (Å²) >= 11 is 1.20. The van der Waals surface area contributed by atoms with Crippen molar-refractivity contribution in [1.82, 2.24) is 4.57 Å². The number of aromatic nitrogens is 1. The SMILES string of the molecule is CCOC(=O)C1=C(C)N=c2sc(=Cc3ccccc3O)c(=O)n2C1c1ccccc1OC(C)C. The summed E-state index contributed by atoms with van der Waals surface area (Å²) in [4.78, 5) is 31.8. The van der Waals surface area contributed by atoms with Gasteiger partial charge in [-0.3, -0.25) is 9.36 Å². The first-order chi connectivity index (χ1) is 16.3. The molecule has 1 atom stereocenters. The molecule has 1 aromatic heterocycles. The van der Waals surface area contributed by atoms with Crippen LogP contribution in [0.3, 0.4) is 0 Å². The zero-order valence-electron chi connectivity index (χ0n) is 19.4. The van der Waals surface area contributed by atoms with E-state index < -0.39 is 12.0 Å². The van der Waals surface area contributed by atoms with Gasteiger partial charge in [-0.2, -0.15) is 0 Å². The van der Waals surface area contributed by atoms with Crippen molar-refractivity contribution in [2.45, 2.75) is 39.8 Å². The molecule has 0 aliphatic carbocycles. The summed E-state index contributed by atoms with van der Waals surface area (Å²) in [6.45, 7) is 7.51. The van der Waals surface area contributed by atoms with Crippen molar-refractivity contribution in [3.8, 4) is 11.5 Å². The van der Waals surface area contributed by atoms with Crippen LogP contribution in [0.4, 0.5) is 0 Å². The van der Waals surface area contributed by atoms with Crippen molar-refractivity contribution >= 4 is 23.4 Å². The highest BCUT2D eigenvalue weighted by Gasteiger charge is 2.35. The van der Waals surface area contributed by atoms with Crippen molar-refractivity contribution in [3.05, 3.63) is 90.6 Å². The molecule has 1 aliphatic heterocycles. The quantitative estimate of drug-likeness (QED) is 0.549. The second-order valence-electron chi connectivity index (χ2n) is 8.07. The molecular formula is C26H26N2O5S. The predicted molar refractivity (Wildman–Crippen MR) is 131 cm³/mol. The van der Waals surface area contributed by atoms with E-state index in [1.54, 1.807) is 44.2 Å². The highest BCUT2D eigenvalue weighted by atomic mass is 32.1. The maximum Gasteiger partial charge on any atom is 0.338 e. The fourth-order valence-corrected chi connectivity index (χ4v) is 4.94. The first kappa shape index (κ1) is 23.5. The topological polar surface area (TPSA) is 90.1 Å². The number of para-hydroxylation sites is 2. The fourth-order valence-electron chi connectivity index (χ4n) is 3.90. The van der Waals surface area contributed by atoms with Crippen molar-refractivity contribution < 1.29 is 19.4 Å². The van der Waals surface area contributed by atoms with E-state index in [4.69, 9.17) is 9.47 Å². The third-order valence-electron chi connectivity index (χ3n) is 5.32. The molecule has 2 heterocycles. The van der Waals surface area contributed by atoms with Gasteiger partial charge in [0.25, 0.3) is 5.56 Å². The molecule has 7 nitrogen and oxygen atoms in total. The minimum absolute atomic E-state index is 0.0731. The van der Waals surface area contributed by atoms with Crippen molar-refractivity contribution in [1.29, 1.82) is 0 Å². The summed E-state index contributed by atoms with van der Waals surface area (Å²) in [6, 6.07) is 13.4. The van der Waals surface area contributed by atoms with Crippen LogP contribution in [0.25, 0.3) is 6.08 Å². The van der Waals surface area contributed by atoms with Crippen LogP contribution < -0.4 is 19.6 Å². The summed E-state index contributed by atoms with van der Waals surface area (Å²) in [5.74, 6) is 0.126. The molecule has 1 N–H and O–H groups in total. The number of carbonyl (C=O) groups is 1. The third kappa shape index (κ3) is 4.41. The normalized spacial score (nSPS) is 15.8. The molecule has 0 fully saturated rings. The van der Waals surface area contributed by atoms with Crippen LogP contribution >= 0.6 is 11.3 Å². The van der Waals surface area contributed by atoms with Crippen molar-refractivity contribution in [2.75, 3.05) is 6.61 Å². The minimum Gasteiger partial charge on any atom is -0.507 e. The lowest BCUT2D eigenvalue weighted by Gasteiger charge is -2.26. The second-order valence-corrected chi connectivity index (χ2v) is 9.07. The van der Waals surface area contributed by atoms with Crippen LogP contribution in [0.5, 0.6) is 11.5 Å². The van der Waals surface area contributed by atoms with E-state index in [-0.39, 0.29) is 24.0 Å². The number of carbonyl (C=O) groups excluding carboxylic acids is 1. The van der Waals surface area contributed by atoms with Gasteiger partial charge in [0.15, 0.2) is 4.80 Å². The van der Waals surface area contributed by atoms with E-state index in [1.807, 2.05) is 38.1 Å². The summed E-state index contributed by atoms with van der Waals surface area (Å²) in [6.07, 6.45) is 1.53. The number of rotatable bonds is 6. The van der Waals surface area contributed by atoms with Gasteiger partial charge >= 0.3 is 5.97 Å². The lowest BCUT2D eigenvalue weighted by atomic mass is 9.95. The summed E-state index contributed by atoms with van der Waals surface area (Å²) in [7, 11) is 0.